The molecular formula is C42H33NO2P2. The molecule has 0 atom stereocenters. The number of hydrogen-bond acceptors (Lipinski definition) is 3. The molecule has 3 nitrogen and oxygen atoms in total. The highest BCUT2D eigenvalue weighted by atomic mass is 31.2. The van der Waals surface area contributed by atoms with Crippen LogP contribution in [0.3, 0.4) is 0 Å². The van der Waals surface area contributed by atoms with E-state index in [1.165, 1.54) is 0 Å². The fourth-order valence-corrected chi connectivity index (χ4v) is 11.4. The Morgan fingerprint density at radius 1 is 0.255 bits per heavy atom. The minimum atomic E-state index is -3.10. The summed E-state index contributed by atoms with van der Waals surface area (Å²) in [7, 11) is -6.21. The van der Waals surface area contributed by atoms with Crippen LogP contribution in [0.25, 0.3) is 0 Å². The summed E-state index contributed by atoms with van der Waals surface area (Å²) in [6.45, 7) is 0. The van der Waals surface area contributed by atoms with Crippen LogP contribution in [-0.2, 0) is 9.13 Å². The lowest BCUT2D eigenvalue weighted by atomic mass is 10.2. The van der Waals surface area contributed by atoms with Gasteiger partial charge in [0.1, 0.15) is 0 Å². The van der Waals surface area contributed by atoms with E-state index in [9.17, 15) is 9.13 Å². The fourth-order valence-electron chi connectivity index (χ4n) is 6.09. The predicted octanol–water partition coefficient (Wildman–Crippen LogP) is 8.44. The van der Waals surface area contributed by atoms with E-state index in [-0.39, 0.29) is 0 Å². The van der Waals surface area contributed by atoms with Gasteiger partial charge in [-0.05, 0) is 60.7 Å². The molecule has 228 valence electrons. The first-order chi connectivity index (χ1) is 23.1. The van der Waals surface area contributed by atoms with Gasteiger partial charge in [0.25, 0.3) is 0 Å². The van der Waals surface area contributed by atoms with E-state index >= 15 is 0 Å². The fraction of sp³-hybridized carbons (Fsp3) is 0. The highest BCUT2D eigenvalue weighted by molar-refractivity contribution is 7.85. The first-order valence-corrected chi connectivity index (χ1v) is 19.0. The molecule has 5 heteroatoms. The van der Waals surface area contributed by atoms with Crippen molar-refractivity contribution < 1.29 is 9.13 Å². The second kappa shape index (κ2) is 13.3. The molecule has 0 fully saturated rings. The van der Waals surface area contributed by atoms with Gasteiger partial charge in [0.05, 0.1) is 0 Å². The number of hydrogen-bond donors (Lipinski definition) is 0. The monoisotopic (exact) mass is 645 g/mol. The van der Waals surface area contributed by atoms with E-state index < -0.39 is 14.3 Å². The van der Waals surface area contributed by atoms with Crippen molar-refractivity contribution in [2.24, 2.45) is 0 Å². The van der Waals surface area contributed by atoms with Crippen LogP contribution in [0.5, 0.6) is 0 Å². The second-order valence-corrected chi connectivity index (χ2v) is 16.8. The van der Waals surface area contributed by atoms with E-state index in [2.05, 4.69) is 17.0 Å². The van der Waals surface area contributed by atoms with Crippen molar-refractivity contribution in [1.29, 1.82) is 0 Å². The van der Waals surface area contributed by atoms with Crippen LogP contribution in [0.15, 0.2) is 200 Å². The Morgan fingerprint density at radius 2 is 0.468 bits per heavy atom. The molecule has 0 unspecified atom stereocenters. The summed E-state index contributed by atoms with van der Waals surface area (Å²) in [4.78, 5) is 2.17. The highest BCUT2D eigenvalue weighted by Crippen LogP contribution is 2.45. The van der Waals surface area contributed by atoms with Gasteiger partial charge in [-0.3, -0.25) is 0 Å². The number of para-hydroxylation sites is 1. The molecule has 0 radical (unpaired) electrons. The smallest absolute Gasteiger partial charge is 0.171 e. The Balaban J connectivity index is 1.31. The second-order valence-electron chi connectivity index (χ2n) is 11.3. The summed E-state index contributed by atoms with van der Waals surface area (Å²) in [5.41, 5.74) is 2.83. The van der Waals surface area contributed by atoms with Crippen LogP contribution < -0.4 is 36.7 Å². The minimum Gasteiger partial charge on any atom is -0.311 e. The Morgan fingerprint density at radius 3 is 0.745 bits per heavy atom. The molecular weight excluding hydrogens is 612 g/mol. The Bertz CT molecular complexity index is 1930. The SMILES string of the molecule is O=P(c1ccccc1)(c1ccccc1)c1ccc(N(c2ccccc2)c2ccc(P(=O)(c3ccccc3)c3ccccc3)cc2)cc1. The average molecular weight is 646 g/mol. The van der Waals surface area contributed by atoms with Crippen LogP contribution in [0, 0.1) is 0 Å². The quantitative estimate of drug-likeness (QED) is 0.148. The molecule has 0 spiro atoms. The van der Waals surface area contributed by atoms with Gasteiger partial charge in [0, 0.05) is 48.9 Å². The highest BCUT2D eigenvalue weighted by Gasteiger charge is 2.31. The normalized spacial score (nSPS) is 11.6. The van der Waals surface area contributed by atoms with Gasteiger partial charge in [0.15, 0.2) is 14.3 Å². The van der Waals surface area contributed by atoms with Gasteiger partial charge in [0.2, 0.25) is 0 Å². The van der Waals surface area contributed by atoms with Gasteiger partial charge >= 0.3 is 0 Å². The number of anilines is 3. The number of nitrogens with zero attached hydrogens (tertiary/aromatic N) is 1. The number of benzene rings is 7. The van der Waals surface area contributed by atoms with Crippen molar-refractivity contribution in [1.82, 2.24) is 0 Å². The van der Waals surface area contributed by atoms with Crippen LogP contribution in [0.1, 0.15) is 0 Å². The third-order valence-electron chi connectivity index (χ3n) is 8.44. The first kappa shape index (κ1) is 30.5. The van der Waals surface area contributed by atoms with Crippen molar-refractivity contribution >= 4 is 63.2 Å². The summed E-state index contributed by atoms with van der Waals surface area (Å²) < 4.78 is 29.9. The zero-order valence-electron chi connectivity index (χ0n) is 25.7. The molecule has 0 aromatic heterocycles. The van der Waals surface area contributed by atoms with Crippen molar-refractivity contribution in [3.63, 3.8) is 0 Å². The molecule has 0 amide bonds. The molecule has 0 saturated carbocycles. The number of rotatable bonds is 9. The molecule has 0 heterocycles. The van der Waals surface area contributed by atoms with E-state index in [0.717, 1.165) is 48.9 Å². The van der Waals surface area contributed by atoms with Gasteiger partial charge in [-0.1, -0.05) is 140 Å². The van der Waals surface area contributed by atoms with E-state index in [1.807, 2.05) is 188 Å². The van der Waals surface area contributed by atoms with Gasteiger partial charge in [-0.25, -0.2) is 0 Å². The van der Waals surface area contributed by atoms with Crippen LogP contribution in [0.4, 0.5) is 17.1 Å². The van der Waals surface area contributed by atoms with E-state index in [0.29, 0.717) is 0 Å². The van der Waals surface area contributed by atoms with Crippen molar-refractivity contribution in [3.8, 4) is 0 Å². The summed E-state index contributed by atoms with van der Waals surface area (Å²) in [5.74, 6) is 0. The van der Waals surface area contributed by atoms with Crippen LogP contribution in [-0.4, -0.2) is 0 Å². The third-order valence-corrected chi connectivity index (χ3v) is 14.6. The Kier molecular flexibility index (Phi) is 8.60. The van der Waals surface area contributed by atoms with Crippen LogP contribution >= 0.6 is 14.3 Å². The Hall–Kier alpha value is -5.20. The van der Waals surface area contributed by atoms with Crippen molar-refractivity contribution in [3.05, 3.63) is 200 Å². The maximum absolute atomic E-state index is 15.0. The van der Waals surface area contributed by atoms with E-state index in [4.69, 9.17) is 0 Å². The maximum atomic E-state index is 15.0. The molecule has 7 rings (SSSR count). The van der Waals surface area contributed by atoms with Gasteiger partial charge in [-0.15, -0.1) is 0 Å². The van der Waals surface area contributed by atoms with Crippen LogP contribution in [0.2, 0.25) is 0 Å². The largest absolute Gasteiger partial charge is 0.311 e. The molecule has 0 aliphatic rings. The Labute approximate surface area is 276 Å². The lowest BCUT2D eigenvalue weighted by molar-refractivity contribution is 0.591. The van der Waals surface area contributed by atoms with Crippen molar-refractivity contribution in [2.45, 2.75) is 0 Å². The summed E-state index contributed by atoms with van der Waals surface area (Å²) in [6.07, 6.45) is 0. The van der Waals surface area contributed by atoms with Crippen molar-refractivity contribution in [2.75, 3.05) is 4.90 Å². The average Bonchev–Trinajstić information content (AvgIpc) is 3.17. The zero-order chi connectivity index (χ0) is 32.1. The summed E-state index contributed by atoms with van der Waals surface area (Å²) in [5, 5.41) is 4.75. The molecule has 0 N–H and O–H groups in total. The summed E-state index contributed by atoms with van der Waals surface area (Å²) >= 11 is 0. The molecule has 0 aliphatic carbocycles. The molecule has 7 aromatic carbocycles. The lowest BCUT2D eigenvalue weighted by Crippen LogP contribution is -2.25. The zero-order valence-corrected chi connectivity index (χ0v) is 27.5. The maximum Gasteiger partial charge on any atom is 0.171 e. The molecule has 0 aliphatic heterocycles. The summed E-state index contributed by atoms with van der Waals surface area (Å²) in [6, 6.07) is 65.1. The topological polar surface area (TPSA) is 37.4 Å². The lowest BCUT2D eigenvalue weighted by Gasteiger charge is -2.27. The minimum absolute atomic E-state index is 0.772. The predicted molar refractivity (Wildman–Crippen MR) is 200 cm³/mol. The van der Waals surface area contributed by atoms with E-state index in [1.54, 1.807) is 0 Å². The first-order valence-electron chi connectivity index (χ1n) is 15.6. The molecule has 0 saturated heterocycles. The van der Waals surface area contributed by atoms with Gasteiger partial charge in [-0.2, -0.15) is 0 Å². The third kappa shape index (κ3) is 5.81. The molecule has 47 heavy (non-hydrogen) atoms. The molecule has 0 bridgehead atoms. The molecule has 7 aromatic rings. The van der Waals surface area contributed by atoms with Gasteiger partial charge < -0.3 is 14.0 Å². The standard InChI is InChI=1S/C42H33NO2P2/c44-46(37-18-8-2-9-19-37,38-20-10-3-11-21-38)41-30-26-35(27-31-41)43(34-16-6-1-7-17-34)36-28-32-42(33-29-36)47(45,39-22-12-4-13-23-39)40-24-14-5-15-25-40/h1-33H.